The van der Waals surface area contributed by atoms with Crippen LogP contribution in [0.4, 0.5) is 0 Å². The van der Waals surface area contributed by atoms with Crippen LogP contribution in [-0.2, 0) is 9.84 Å². The largest absolute Gasteiger partial charge is 0.311 e. The van der Waals surface area contributed by atoms with Gasteiger partial charge < -0.3 is 5.32 Å². The van der Waals surface area contributed by atoms with Crippen molar-refractivity contribution < 1.29 is 8.42 Å². The summed E-state index contributed by atoms with van der Waals surface area (Å²) in [5.74, 6) is 0.592. The van der Waals surface area contributed by atoms with Crippen molar-refractivity contribution in [3.8, 4) is 0 Å². The maximum atomic E-state index is 11.9. The molecule has 1 saturated heterocycles. The van der Waals surface area contributed by atoms with E-state index in [4.69, 9.17) is 0 Å². The minimum atomic E-state index is -2.87. The predicted molar refractivity (Wildman–Crippen MR) is 88.4 cm³/mol. The van der Waals surface area contributed by atoms with Gasteiger partial charge in [0.1, 0.15) is 0 Å². The normalized spacial score (nSPS) is 27.0. The molecule has 124 valence electrons. The van der Waals surface area contributed by atoms with Crippen molar-refractivity contribution in [2.75, 3.05) is 31.1 Å². The van der Waals surface area contributed by atoms with Crippen molar-refractivity contribution in [2.45, 2.75) is 70.4 Å². The second kappa shape index (κ2) is 7.42. The van der Waals surface area contributed by atoms with Crippen molar-refractivity contribution in [1.29, 1.82) is 0 Å². The Hall–Kier alpha value is -0.130. The average Bonchev–Trinajstić information content (AvgIpc) is 2.49. The van der Waals surface area contributed by atoms with Crippen LogP contribution >= 0.6 is 0 Å². The molecule has 1 N–H and O–H groups in total. The molecule has 1 heterocycles. The van der Waals surface area contributed by atoms with Crippen LogP contribution in [0.5, 0.6) is 0 Å². The Morgan fingerprint density at radius 3 is 2.52 bits per heavy atom. The van der Waals surface area contributed by atoms with Gasteiger partial charge in [-0.25, -0.2) is 8.42 Å². The lowest BCUT2D eigenvalue weighted by Gasteiger charge is -2.52. The fourth-order valence-electron chi connectivity index (χ4n) is 3.94. The van der Waals surface area contributed by atoms with Gasteiger partial charge in [0.15, 0.2) is 9.84 Å². The molecule has 4 nitrogen and oxygen atoms in total. The molecule has 2 fully saturated rings. The maximum Gasteiger partial charge on any atom is 0.151 e. The summed E-state index contributed by atoms with van der Waals surface area (Å²) in [4.78, 5) is 2.52. The third kappa shape index (κ3) is 4.42. The van der Waals surface area contributed by atoms with Crippen LogP contribution in [0, 0.1) is 0 Å². The molecule has 0 radical (unpaired) electrons. The molecule has 5 heteroatoms. The molecular weight excluding hydrogens is 284 g/mol. The van der Waals surface area contributed by atoms with E-state index in [9.17, 15) is 8.42 Å². The van der Waals surface area contributed by atoms with Crippen LogP contribution in [-0.4, -0.2) is 56.0 Å². The van der Waals surface area contributed by atoms with Gasteiger partial charge in [0.05, 0.1) is 5.75 Å². The number of rotatable bonds is 6. The van der Waals surface area contributed by atoms with Gasteiger partial charge in [0.2, 0.25) is 0 Å². The van der Waals surface area contributed by atoms with E-state index >= 15 is 0 Å². The average molecular weight is 317 g/mol. The van der Waals surface area contributed by atoms with Crippen LogP contribution < -0.4 is 5.32 Å². The third-order valence-corrected chi connectivity index (χ3v) is 7.05. The zero-order chi connectivity index (χ0) is 15.3. The van der Waals surface area contributed by atoms with E-state index in [2.05, 4.69) is 17.1 Å². The molecule has 0 aromatic carbocycles. The molecule has 1 unspecified atom stereocenters. The van der Waals surface area contributed by atoms with Gasteiger partial charge in [-0.2, -0.15) is 0 Å². The number of nitrogens with zero attached hydrogens (tertiary/aromatic N) is 1. The highest BCUT2D eigenvalue weighted by atomic mass is 32.2. The lowest BCUT2D eigenvalue weighted by molar-refractivity contribution is 0.0133. The van der Waals surface area contributed by atoms with Crippen LogP contribution in [0.15, 0.2) is 0 Å². The number of hydrogen-bond donors (Lipinski definition) is 1. The summed E-state index contributed by atoms with van der Waals surface area (Å²) in [6, 6.07) is 0.534. The Morgan fingerprint density at radius 2 is 1.90 bits per heavy atom. The van der Waals surface area contributed by atoms with Gasteiger partial charge in [0.25, 0.3) is 0 Å². The minimum absolute atomic E-state index is 0.228. The Kier molecular flexibility index (Phi) is 6.09. The first-order valence-corrected chi connectivity index (χ1v) is 10.5. The zero-order valence-corrected chi connectivity index (χ0v) is 14.6. The van der Waals surface area contributed by atoms with E-state index in [1.54, 1.807) is 6.92 Å². The predicted octanol–water partition coefficient (Wildman–Crippen LogP) is 2.20. The lowest BCUT2D eigenvalue weighted by atomic mass is 9.78. The highest BCUT2D eigenvalue weighted by molar-refractivity contribution is 7.91. The Morgan fingerprint density at radius 1 is 1.19 bits per heavy atom. The minimum Gasteiger partial charge on any atom is -0.311 e. The van der Waals surface area contributed by atoms with E-state index in [1.807, 2.05) is 0 Å². The molecule has 1 spiro atoms. The second-order valence-corrected chi connectivity index (χ2v) is 9.31. The summed E-state index contributed by atoms with van der Waals surface area (Å²) >= 11 is 0. The van der Waals surface area contributed by atoms with Gasteiger partial charge in [-0.15, -0.1) is 0 Å². The molecule has 0 bridgehead atoms. The van der Waals surface area contributed by atoms with Gasteiger partial charge in [-0.1, -0.05) is 39.5 Å². The highest BCUT2D eigenvalue weighted by Crippen LogP contribution is 2.35. The molecule has 1 saturated carbocycles. The van der Waals surface area contributed by atoms with Crippen molar-refractivity contribution in [2.24, 2.45) is 0 Å². The number of hydrogen-bond acceptors (Lipinski definition) is 4. The molecule has 1 aliphatic heterocycles. The van der Waals surface area contributed by atoms with Crippen LogP contribution in [0.1, 0.15) is 58.8 Å². The van der Waals surface area contributed by atoms with Gasteiger partial charge >= 0.3 is 0 Å². The van der Waals surface area contributed by atoms with Crippen molar-refractivity contribution >= 4 is 9.84 Å². The molecule has 1 atom stereocenters. The lowest BCUT2D eigenvalue weighted by Crippen LogP contribution is -2.65. The Labute approximate surface area is 130 Å². The van der Waals surface area contributed by atoms with Gasteiger partial charge in [-0.3, -0.25) is 4.90 Å². The molecule has 0 aromatic heterocycles. The van der Waals surface area contributed by atoms with Gasteiger partial charge in [0, 0.05) is 37.0 Å². The Balaban J connectivity index is 2.05. The summed E-state index contributed by atoms with van der Waals surface area (Å²) < 4.78 is 23.8. The smallest absolute Gasteiger partial charge is 0.151 e. The second-order valence-electron chi connectivity index (χ2n) is 6.83. The van der Waals surface area contributed by atoms with E-state index in [0.717, 1.165) is 19.6 Å². The van der Waals surface area contributed by atoms with Crippen LogP contribution in [0.25, 0.3) is 0 Å². The molecular formula is C16H32N2O2S. The van der Waals surface area contributed by atoms with Crippen LogP contribution in [0.2, 0.25) is 0 Å². The summed E-state index contributed by atoms with van der Waals surface area (Å²) in [6.07, 6.45) is 8.74. The summed E-state index contributed by atoms with van der Waals surface area (Å²) in [5.41, 5.74) is 0.228. The highest BCUT2D eigenvalue weighted by Gasteiger charge is 2.41. The fraction of sp³-hybridized carbons (Fsp3) is 1.00. The standard InChI is InChI=1S/C16H32N2O2S/c1-3-8-15-13-18(11-12-21(19,20)4-2)16(14-17-15)9-6-5-7-10-16/h15,17H,3-14H2,1-2H3. The summed E-state index contributed by atoms with van der Waals surface area (Å²) in [6.45, 7) is 6.76. The fourth-order valence-corrected chi connectivity index (χ4v) is 4.72. The SMILES string of the molecule is CCCC1CN(CCS(=O)(=O)CC)C2(CCCCC2)CN1. The quantitative estimate of drug-likeness (QED) is 0.816. The van der Waals surface area contributed by atoms with E-state index in [-0.39, 0.29) is 11.3 Å². The van der Waals surface area contributed by atoms with E-state index < -0.39 is 9.84 Å². The first-order chi connectivity index (χ1) is 10.0. The molecule has 2 rings (SSSR count). The summed E-state index contributed by atoms with van der Waals surface area (Å²) in [5, 5.41) is 3.73. The molecule has 0 amide bonds. The number of nitrogens with one attached hydrogen (secondary N) is 1. The number of sulfone groups is 1. The van der Waals surface area contributed by atoms with E-state index in [1.165, 1.54) is 44.9 Å². The monoisotopic (exact) mass is 316 g/mol. The molecule has 21 heavy (non-hydrogen) atoms. The first-order valence-electron chi connectivity index (χ1n) is 8.70. The van der Waals surface area contributed by atoms with E-state index in [0.29, 0.717) is 11.8 Å². The first kappa shape index (κ1) is 17.2. The topological polar surface area (TPSA) is 49.4 Å². The van der Waals surface area contributed by atoms with Crippen molar-refractivity contribution in [3.63, 3.8) is 0 Å². The third-order valence-electron chi connectivity index (χ3n) is 5.36. The molecule has 0 aromatic rings. The van der Waals surface area contributed by atoms with Crippen molar-refractivity contribution in [3.05, 3.63) is 0 Å². The summed E-state index contributed by atoms with van der Waals surface area (Å²) in [7, 11) is -2.87. The molecule has 2 aliphatic rings. The number of piperazine rings is 1. The van der Waals surface area contributed by atoms with Crippen molar-refractivity contribution in [1.82, 2.24) is 10.2 Å². The molecule has 1 aliphatic carbocycles. The van der Waals surface area contributed by atoms with Gasteiger partial charge in [-0.05, 0) is 19.3 Å². The Bertz CT molecular complexity index is 416. The van der Waals surface area contributed by atoms with Crippen LogP contribution in [0.3, 0.4) is 0 Å². The zero-order valence-electron chi connectivity index (χ0n) is 13.7. The maximum absolute atomic E-state index is 11.9.